The molecule has 1 N–H and O–H groups in total. The second-order valence-electron chi connectivity index (χ2n) is 6.14. The summed E-state index contributed by atoms with van der Waals surface area (Å²) in [6.45, 7) is 4.25. The van der Waals surface area contributed by atoms with Crippen LogP contribution in [0.3, 0.4) is 0 Å². The summed E-state index contributed by atoms with van der Waals surface area (Å²) >= 11 is 5.92. The van der Waals surface area contributed by atoms with Gasteiger partial charge < -0.3 is 9.80 Å². The standard InChI is InChI=1S/C17H17ClN6O2/c1-11-13(18)15(25)24-17(19-11)20-14(21-24)16(26)23-9-7-22(8-10-23)12-5-3-2-4-6-12/h2-6H,7-10H2,1H3,(H,19,20,21). The second kappa shape index (κ2) is 6.45. The molecule has 4 rings (SSSR count). The number of nitrogens with zero attached hydrogens (tertiary/aromatic N) is 5. The molecule has 0 unspecified atom stereocenters. The maximum absolute atomic E-state index is 12.7. The fraction of sp³-hybridized carbons (Fsp3) is 0.294. The molecule has 1 saturated heterocycles. The van der Waals surface area contributed by atoms with Crippen molar-refractivity contribution in [1.82, 2.24) is 24.5 Å². The first-order chi connectivity index (χ1) is 12.5. The van der Waals surface area contributed by atoms with Gasteiger partial charge in [-0.05, 0) is 19.1 Å². The number of carbonyl (C=O) groups is 1. The van der Waals surface area contributed by atoms with Gasteiger partial charge in [0.2, 0.25) is 5.82 Å². The van der Waals surface area contributed by atoms with Crippen molar-refractivity contribution >= 4 is 29.0 Å². The van der Waals surface area contributed by atoms with Crippen LogP contribution in [0.15, 0.2) is 35.1 Å². The molecule has 2 aromatic heterocycles. The van der Waals surface area contributed by atoms with Gasteiger partial charge in [0.25, 0.3) is 17.2 Å². The molecule has 1 fully saturated rings. The maximum Gasteiger partial charge on any atom is 0.293 e. The largest absolute Gasteiger partial charge is 0.368 e. The van der Waals surface area contributed by atoms with E-state index in [9.17, 15) is 9.59 Å². The van der Waals surface area contributed by atoms with Crippen molar-refractivity contribution in [3.8, 4) is 0 Å². The molecule has 0 atom stereocenters. The van der Waals surface area contributed by atoms with E-state index in [-0.39, 0.29) is 22.5 Å². The minimum atomic E-state index is -0.463. The average molecular weight is 373 g/mol. The van der Waals surface area contributed by atoms with Gasteiger partial charge in [0, 0.05) is 31.9 Å². The van der Waals surface area contributed by atoms with Gasteiger partial charge in [0.05, 0.1) is 5.69 Å². The predicted octanol–water partition coefficient (Wildman–Crippen LogP) is 1.34. The summed E-state index contributed by atoms with van der Waals surface area (Å²) in [7, 11) is 0. The first kappa shape index (κ1) is 16.6. The number of hydrogen-bond acceptors (Lipinski definition) is 5. The number of anilines is 1. The van der Waals surface area contributed by atoms with Crippen molar-refractivity contribution < 1.29 is 4.79 Å². The van der Waals surface area contributed by atoms with Crippen LogP contribution in [-0.4, -0.2) is 56.6 Å². The Hall–Kier alpha value is -2.87. The lowest BCUT2D eigenvalue weighted by molar-refractivity contribution is 0.0734. The van der Waals surface area contributed by atoms with Gasteiger partial charge >= 0.3 is 0 Å². The summed E-state index contributed by atoms with van der Waals surface area (Å²) < 4.78 is 1.10. The number of H-pyrrole nitrogens is 1. The molecule has 1 aliphatic heterocycles. The molecule has 134 valence electrons. The van der Waals surface area contributed by atoms with Crippen LogP contribution in [0.25, 0.3) is 5.78 Å². The van der Waals surface area contributed by atoms with Crippen LogP contribution in [-0.2, 0) is 0 Å². The van der Waals surface area contributed by atoms with Crippen LogP contribution >= 0.6 is 11.6 Å². The number of benzene rings is 1. The number of amides is 1. The lowest BCUT2D eigenvalue weighted by atomic mass is 10.2. The van der Waals surface area contributed by atoms with E-state index < -0.39 is 5.56 Å². The van der Waals surface area contributed by atoms with Gasteiger partial charge in [-0.1, -0.05) is 29.8 Å². The molecule has 1 amide bonds. The number of halogens is 1. The van der Waals surface area contributed by atoms with E-state index in [0.29, 0.717) is 18.8 Å². The van der Waals surface area contributed by atoms with Crippen molar-refractivity contribution in [3.05, 3.63) is 57.2 Å². The monoisotopic (exact) mass is 372 g/mol. The zero-order valence-corrected chi connectivity index (χ0v) is 14.9. The van der Waals surface area contributed by atoms with Crippen molar-refractivity contribution in [2.75, 3.05) is 31.1 Å². The molecule has 0 saturated carbocycles. The lowest BCUT2D eigenvalue weighted by Gasteiger charge is -2.35. The van der Waals surface area contributed by atoms with E-state index in [1.165, 1.54) is 0 Å². The number of nitrogens with one attached hydrogen (secondary N) is 1. The molecular weight excluding hydrogens is 356 g/mol. The summed E-state index contributed by atoms with van der Waals surface area (Å²) in [6.07, 6.45) is 0. The van der Waals surface area contributed by atoms with Crippen molar-refractivity contribution in [1.29, 1.82) is 0 Å². The Kier molecular flexibility index (Phi) is 4.12. The Morgan fingerprint density at radius 2 is 1.81 bits per heavy atom. The van der Waals surface area contributed by atoms with Crippen molar-refractivity contribution in [2.45, 2.75) is 6.92 Å². The van der Waals surface area contributed by atoms with Crippen molar-refractivity contribution in [2.24, 2.45) is 0 Å². The van der Waals surface area contributed by atoms with Crippen LogP contribution in [0.2, 0.25) is 5.02 Å². The average Bonchev–Trinajstić information content (AvgIpc) is 3.10. The molecule has 1 aromatic carbocycles. The minimum absolute atomic E-state index is 0.0154. The number of aromatic amines is 1. The zero-order chi connectivity index (χ0) is 18.3. The third-order valence-electron chi connectivity index (χ3n) is 4.50. The minimum Gasteiger partial charge on any atom is -0.368 e. The third kappa shape index (κ3) is 2.82. The molecule has 0 bridgehead atoms. The van der Waals surface area contributed by atoms with Crippen LogP contribution in [0.4, 0.5) is 5.69 Å². The quantitative estimate of drug-likeness (QED) is 0.733. The van der Waals surface area contributed by atoms with Gasteiger partial charge in [-0.2, -0.15) is 9.50 Å². The third-order valence-corrected chi connectivity index (χ3v) is 4.93. The fourth-order valence-electron chi connectivity index (χ4n) is 3.05. The molecular formula is C17H17ClN6O2. The summed E-state index contributed by atoms with van der Waals surface area (Å²) in [5.74, 6) is -0.0241. The maximum atomic E-state index is 12.7. The van der Waals surface area contributed by atoms with Gasteiger partial charge in [0.1, 0.15) is 5.02 Å². The van der Waals surface area contributed by atoms with Crippen LogP contribution in [0, 0.1) is 6.92 Å². The molecule has 3 aromatic rings. The highest BCUT2D eigenvalue weighted by Crippen LogP contribution is 2.16. The molecule has 0 aliphatic carbocycles. The number of aromatic nitrogens is 4. The number of fused-ring (bicyclic) bond motifs is 1. The Labute approximate surface area is 154 Å². The lowest BCUT2D eigenvalue weighted by Crippen LogP contribution is -2.49. The molecule has 26 heavy (non-hydrogen) atoms. The second-order valence-corrected chi connectivity index (χ2v) is 6.52. The van der Waals surface area contributed by atoms with E-state index in [0.717, 1.165) is 23.3 Å². The molecule has 8 nitrogen and oxygen atoms in total. The highest BCUT2D eigenvalue weighted by molar-refractivity contribution is 6.31. The van der Waals surface area contributed by atoms with E-state index in [4.69, 9.17) is 11.6 Å². The Balaban J connectivity index is 1.53. The van der Waals surface area contributed by atoms with E-state index in [1.54, 1.807) is 11.8 Å². The summed E-state index contributed by atoms with van der Waals surface area (Å²) in [4.78, 5) is 37.1. The molecule has 0 spiro atoms. The number of carbonyl (C=O) groups excluding carboxylic acids is 1. The molecule has 1 aliphatic rings. The Bertz CT molecular complexity index is 1020. The molecule has 3 heterocycles. The number of para-hydroxylation sites is 1. The van der Waals surface area contributed by atoms with Gasteiger partial charge in [-0.3, -0.25) is 14.7 Å². The normalized spacial score (nSPS) is 14.8. The zero-order valence-electron chi connectivity index (χ0n) is 14.1. The fourth-order valence-corrected chi connectivity index (χ4v) is 3.18. The summed E-state index contributed by atoms with van der Waals surface area (Å²) in [5.41, 5.74) is 1.07. The van der Waals surface area contributed by atoms with Crippen LogP contribution in [0.1, 0.15) is 16.3 Å². The summed E-state index contributed by atoms with van der Waals surface area (Å²) in [5, 5.41) is 2.73. The highest BCUT2D eigenvalue weighted by atomic mass is 35.5. The summed E-state index contributed by atoms with van der Waals surface area (Å²) in [6, 6.07) is 10.1. The van der Waals surface area contributed by atoms with E-state index in [2.05, 4.69) is 32.1 Å². The molecule has 9 heteroatoms. The van der Waals surface area contributed by atoms with Gasteiger partial charge in [0.15, 0.2) is 0 Å². The SMILES string of the molecule is Cc1nc2nc(C(=O)N3CCN(c4ccccc4)CC3)[nH]n2c(=O)c1Cl. The van der Waals surface area contributed by atoms with E-state index >= 15 is 0 Å². The Morgan fingerprint density at radius 3 is 2.50 bits per heavy atom. The van der Waals surface area contributed by atoms with Crippen LogP contribution in [0.5, 0.6) is 0 Å². The topological polar surface area (TPSA) is 86.6 Å². The predicted molar refractivity (Wildman–Crippen MR) is 97.9 cm³/mol. The van der Waals surface area contributed by atoms with E-state index in [1.807, 2.05) is 18.2 Å². The van der Waals surface area contributed by atoms with Gasteiger partial charge in [-0.25, -0.2) is 4.98 Å². The number of piperazine rings is 1. The van der Waals surface area contributed by atoms with Gasteiger partial charge in [-0.15, -0.1) is 0 Å². The first-order valence-corrected chi connectivity index (χ1v) is 8.66. The number of rotatable bonds is 2. The number of hydrogen-bond donors (Lipinski definition) is 1. The number of aryl methyl sites for hydroxylation is 1. The molecule has 0 radical (unpaired) electrons. The van der Waals surface area contributed by atoms with Crippen LogP contribution < -0.4 is 10.5 Å². The first-order valence-electron chi connectivity index (χ1n) is 8.29. The smallest absolute Gasteiger partial charge is 0.293 e. The van der Waals surface area contributed by atoms with Crippen molar-refractivity contribution in [3.63, 3.8) is 0 Å². The highest BCUT2D eigenvalue weighted by Gasteiger charge is 2.25. The Morgan fingerprint density at radius 1 is 1.12 bits per heavy atom.